The maximum atomic E-state index is 11.5. The highest BCUT2D eigenvalue weighted by Gasteiger charge is 2.18. The number of hydrogen-bond donors (Lipinski definition) is 2. The van der Waals surface area contributed by atoms with Gasteiger partial charge < -0.3 is 21.1 Å². The fraction of sp³-hybridized carbons (Fsp3) is 0.308. The van der Waals surface area contributed by atoms with Crippen LogP contribution in [0.25, 0.3) is 11.3 Å². The molecule has 3 rings (SSSR count). The lowest BCUT2D eigenvalue weighted by Crippen LogP contribution is -2.37. The topological polar surface area (TPSA) is 133 Å². The number of nitrogen functional groups attached to an aromatic ring is 1. The number of amides is 1. The highest BCUT2D eigenvalue weighted by atomic mass is 16.5. The number of morpholine rings is 1. The summed E-state index contributed by atoms with van der Waals surface area (Å²) in [7, 11) is 0. The zero-order chi connectivity index (χ0) is 15.5. The van der Waals surface area contributed by atoms with E-state index in [2.05, 4.69) is 19.9 Å². The molecule has 0 spiro atoms. The summed E-state index contributed by atoms with van der Waals surface area (Å²) in [6.07, 6.45) is 3.08. The third kappa shape index (κ3) is 2.93. The molecule has 0 saturated carbocycles. The summed E-state index contributed by atoms with van der Waals surface area (Å²) < 4.78 is 5.30. The summed E-state index contributed by atoms with van der Waals surface area (Å²) in [5.41, 5.74) is 12.1. The van der Waals surface area contributed by atoms with Crippen molar-refractivity contribution in [2.24, 2.45) is 5.73 Å². The van der Waals surface area contributed by atoms with Crippen molar-refractivity contribution in [1.29, 1.82) is 0 Å². The Kier molecular flexibility index (Phi) is 3.79. The molecular weight excluding hydrogens is 286 g/mol. The van der Waals surface area contributed by atoms with Gasteiger partial charge in [-0.3, -0.25) is 4.79 Å². The van der Waals surface area contributed by atoms with E-state index < -0.39 is 5.91 Å². The number of carbonyl (C=O) groups is 1. The minimum Gasteiger partial charge on any atom is -0.378 e. The Bertz CT molecular complexity index is 683. The van der Waals surface area contributed by atoms with Crippen LogP contribution >= 0.6 is 0 Å². The highest BCUT2D eigenvalue weighted by Crippen LogP contribution is 2.20. The number of hydrogen-bond acceptors (Lipinski definition) is 8. The first-order chi connectivity index (χ1) is 10.6. The molecule has 1 fully saturated rings. The van der Waals surface area contributed by atoms with Gasteiger partial charge in [-0.2, -0.15) is 0 Å². The lowest BCUT2D eigenvalue weighted by molar-refractivity contribution is 0.0995. The zero-order valence-corrected chi connectivity index (χ0v) is 11.8. The van der Waals surface area contributed by atoms with Crippen LogP contribution in [-0.2, 0) is 4.74 Å². The molecule has 0 atom stereocenters. The van der Waals surface area contributed by atoms with Crippen molar-refractivity contribution >= 4 is 17.8 Å². The molecule has 3 heterocycles. The number of ether oxygens (including phenoxy) is 1. The van der Waals surface area contributed by atoms with Gasteiger partial charge in [0.1, 0.15) is 5.69 Å². The van der Waals surface area contributed by atoms with Gasteiger partial charge in [0.25, 0.3) is 5.91 Å². The normalized spacial score (nSPS) is 14.8. The number of aromatic nitrogens is 4. The second-order valence-corrected chi connectivity index (χ2v) is 4.73. The van der Waals surface area contributed by atoms with Crippen LogP contribution in [0.2, 0.25) is 0 Å². The molecule has 1 aliphatic heterocycles. The van der Waals surface area contributed by atoms with E-state index in [-0.39, 0.29) is 11.6 Å². The van der Waals surface area contributed by atoms with Crippen molar-refractivity contribution in [3.05, 3.63) is 24.2 Å². The first-order valence-corrected chi connectivity index (χ1v) is 6.73. The Labute approximate surface area is 126 Å². The quantitative estimate of drug-likeness (QED) is 0.771. The Hall–Kier alpha value is -2.81. The molecule has 4 N–H and O–H groups in total. The van der Waals surface area contributed by atoms with Gasteiger partial charge in [-0.05, 0) is 6.07 Å². The molecule has 1 amide bonds. The number of rotatable bonds is 3. The largest absolute Gasteiger partial charge is 0.378 e. The van der Waals surface area contributed by atoms with Crippen LogP contribution in [0.4, 0.5) is 11.9 Å². The first-order valence-electron chi connectivity index (χ1n) is 6.73. The third-order valence-electron chi connectivity index (χ3n) is 3.23. The van der Waals surface area contributed by atoms with Crippen LogP contribution in [0.3, 0.4) is 0 Å². The van der Waals surface area contributed by atoms with E-state index in [1.807, 2.05) is 4.90 Å². The van der Waals surface area contributed by atoms with Crippen LogP contribution in [0, 0.1) is 0 Å². The van der Waals surface area contributed by atoms with E-state index in [1.54, 1.807) is 12.4 Å². The van der Waals surface area contributed by atoms with Gasteiger partial charge >= 0.3 is 0 Å². The summed E-state index contributed by atoms with van der Waals surface area (Å²) in [6, 6.07) is 1.52. The standard InChI is InChI=1S/C13H15N7O2/c14-11(21)10-5-9(8-6-16-12(15)17-7-8)18-13(19-10)20-1-3-22-4-2-20/h5-7H,1-4H2,(H2,14,21)(H2,15,16,17). The van der Waals surface area contributed by atoms with E-state index >= 15 is 0 Å². The zero-order valence-electron chi connectivity index (χ0n) is 11.8. The van der Waals surface area contributed by atoms with Crippen LogP contribution in [-0.4, -0.2) is 52.1 Å². The van der Waals surface area contributed by atoms with Crippen LogP contribution in [0.5, 0.6) is 0 Å². The summed E-state index contributed by atoms with van der Waals surface area (Å²) in [4.78, 5) is 30.0. The fourth-order valence-electron chi connectivity index (χ4n) is 2.08. The van der Waals surface area contributed by atoms with E-state index in [4.69, 9.17) is 16.2 Å². The number of carbonyl (C=O) groups excluding carboxylic acids is 1. The molecule has 2 aromatic heterocycles. The van der Waals surface area contributed by atoms with Crippen molar-refractivity contribution < 1.29 is 9.53 Å². The Morgan fingerprint density at radius 3 is 2.50 bits per heavy atom. The van der Waals surface area contributed by atoms with Crippen molar-refractivity contribution in [3.63, 3.8) is 0 Å². The number of nitrogens with zero attached hydrogens (tertiary/aromatic N) is 5. The minimum absolute atomic E-state index is 0.142. The molecule has 1 saturated heterocycles. The predicted octanol–water partition coefficient (Wildman–Crippen LogP) is -0.549. The van der Waals surface area contributed by atoms with Crippen molar-refractivity contribution in [2.45, 2.75) is 0 Å². The molecule has 9 nitrogen and oxygen atoms in total. The molecule has 114 valence electrons. The van der Waals surface area contributed by atoms with Gasteiger partial charge in [-0.1, -0.05) is 0 Å². The maximum Gasteiger partial charge on any atom is 0.267 e. The highest BCUT2D eigenvalue weighted by molar-refractivity contribution is 5.92. The van der Waals surface area contributed by atoms with Crippen LogP contribution < -0.4 is 16.4 Å². The fourth-order valence-corrected chi connectivity index (χ4v) is 2.08. The third-order valence-corrected chi connectivity index (χ3v) is 3.23. The predicted molar refractivity (Wildman–Crippen MR) is 79.0 cm³/mol. The summed E-state index contributed by atoms with van der Waals surface area (Å²) in [5, 5.41) is 0. The van der Waals surface area contributed by atoms with Gasteiger partial charge in [0, 0.05) is 31.0 Å². The molecule has 0 aromatic carbocycles. The Balaban J connectivity index is 2.03. The maximum absolute atomic E-state index is 11.5. The van der Waals surface area contributed by atoms with Crippen LogP contribution in [0.1, 0.15) is 10.5 Å². The van der Waals surface area contributed by atoms with Gasteiger partial charge in [0.15, 0.2) is 0 Å². The van der Waals surface area contributed by atoms with Crippen LogP contribution in [0.15, 0.2) is 18.5 Å². The second kappa shape index (κ2) is 5.90. The average molecular weight is 301 g/mol. The molecule has 2 aromatic rings. The lowest BCUT2D eigenvalue weighted by atomic mass is 10.2. The monoisotopic (exact) mass is 301 g/mol. The molecule has 9 heteroatoms. The minimum atomic E-state index is -0.616. The molecule has 1 aliphatic rings. The van der Waals surface area contributed by atoms with E-state index in [0.717, 1.165) is 0 Å². The lowest BCUT2D eigenvalue weighted by Gasteiger charge is -2.27. The van der Waals surface area contributed by atoms with Gasteiger partial charge in [0.2, 0.25) is 11.9 Å². The van der Waals surface area contributed by atoms with Crippen molar-refractivity contribution in [2.75, 3.05) is 36.9 Å². The SMILES string of the molecule is NC(=O)c1cc(-c2cnc(N)nc2)nc(N2CCOCC2)n1. The van der Waals surface area contributed by atoms with E-state index in [1.165, 1.54) is 6.07 Å². The van der Waals surface area contributed by atoms with Gasteiger partial charge in [-0.25, -0.2) is 19.9 Å². The first kappa shape index (κ1) is 14.1. The smallest absolute Gasteiger partial charge is 0.267 e. The number of anilines is 2. The molecule has 0 radical (unpaired) electrons. The van der Waals surface area contributed by atoms with Crippen molar-refractivity contribution in [1.82, 2.24) is 19.9 Å². The molecule has 0 unspecified atom stereocenters. The summed E-state index contributed by atoms with van der Waals surface area (Å²) in [6.45, 7) is 2.48. The molecule has 22 heavy (non-hydrogen) atoms. The summed E-state index contributed by atoms with van der Waals surface area (Å²) in [5.74, 6) is -0.0118. The molecule has 0 aliphatic carbocycles. The summed E-state index contributed by atoms with van der Waals surface area (Å²) >= 11 is 0. The van der Waals surface area contributed by atoms with Crippen molar-refractivity contribution in [3.8, 4) is 11.3 Å². The van der Waals surface area contributed by atoms with E-state index in [0.29, 0.717) is 43.5 Å². The number of primary amides is 1. The van der Waals surface area contributed by atoms with E-state index in [9.17, 15) is 4.79 Å². The second-order valence-electron chi connectivity index (χ2n) is 4.73. The molecular formula is C13H15N7O2. The Morgan fingerprint density at radius 1 is 1.18 bits per heavy atom. The Morgan fingerprint density at radius 2 is 1.86 bits per heavy atom. The average Bonchev–Trinajstić information content (AvgIpc) is 2.56. The van der Waals surface area contributed by atoms with Gasteiger partial charge in [-0.15, -0.1) is 0 Å². The molecule has 0 bridgehead atoms. The number of nitrogens with two attached hydrogens (primary N) is 2. The van der Waals surface area contributed by atoms with Gasteiger partial charge in [0.05, 0.1) is 18.9 Å².